The van der Waals surface area contributed by atoms with E-state index in [9.17, 15) is 45.1 Å². The predicted molar refractivity (Wildman–Crippen MR) is 271 cm³/mol. The van der Waals surface area contributed by atoms with E-state index >= 15 is 0 Å². The summed E-state index contributed by atoms with van der Waals surface area (Å²) < 4.78 is 66.4. The lowest BCUT2D eigenvalue weighted by molar-refractivity contribution is -0.696. The maximum Gasteiger partial charge on any atom is 0.255 e. The van der Waals surface area contributed by atoms with Crippen molar-refractivity contribution < 1.29 is 54.3 Å². The molecule has 0 unspecified atom stereocenters. The number of nitrogens with one attached hydrogen (secondary N) is 4. The number of fused-ring (bicyclic) bond motifs is 3. The van der Waals surface area contributed by atoms with Gasteiger partial charge in [0.1, 0.15) is 44.7 Å². The fourth-order valence-electron chi connectivity index (χ4n) is 8.61. The van der Waals surface area contributed by atoms with Crippen molar-refractivity contribution in [2.24, 2.45) is 10.8 Å². The van der Waals surface area contributed by atoms with E-state index in [2.05, 4.69) is 35.1 Å². The molecule has 0 spiro atoms. The second kappa shape index (κ2) is 23.9. The highest BCUT2D eigenvalue weighted by Gasteiger charge is 2.55. The minimum atomic E-state index is -4.27. The number of pyridine rings is 2. The summed E-state index contributed by atoms with van der Waals surface area (Å²) in [7, 11) is -8.54. The third-order valence-electron chi connectivity index (χ3n) is 12.8. The summed E-state index contributed by atoms with van der Waals surface area (Å²) in [5.74, 6) is -0.487. The Labute approximate surface area is 421 Å². The number of carbonyl (C=O) groups excluding carboxylic acids is 4. The highest BCUT2D eigenvalue weighted by atomic mass is 32.2. The van der Waals surface area contributed by atoms with Gasteiger partial charge in [0.15, 0.2) is 24.8 Å². The van der Waals surface area contributed by atoms with Crippen LogP contribution in [0.25, 0.3) is 0 Å². The lowest BCUT2D eigenvalue weighted by Crippen LogP contribution is -2.52. The van der Waals surface area contributed by atoms with E-state index < -0.39 is 31.1 Å². The molecular formula is C54H60N6O10S2. The quantitative estimate of drug-likeness (QED) is 0.0601. The van der Waals surface area contributed by atoms with Crippen molar-refractivity contribution in [1.82, 2.24) is 0 Å². The lowest BCUT2D eigenvalue weighted by atomic mass is 9.53. The van der Waals surface area contributed by atoms with Gasteiger partial charge in [0.2, 0.25) is 11.8 Å². The highest BCUT2D eigenvalue weighted by Crippen LogP contribution is 2.57. The van der Waals surface area contributed by atoms with Crippen molar-refractivity contribution in [3.05, 3.63) is 168 Å². The molecule has 18 heteroatoms. The molecule has 4 aromatic carbocycles. The normalized spacial score (nSPS) is 16.9. The van der Waals surface area contributed by atoms with Gasteiger partial charge in [-0.2, -0.15) is 0 Å². The van der Waals surface area contributed by atoms with E-state index in [1.165, 1.54) is 24.3 Å². The van der Waals surface area contributed by atoms with Crippen LogP contribution in [0.4, 0.5) is 22.7 Å². The largest absolute Gasteiger partial charge is 0.744 e. The van der Waals surface area contributed by atoms with Crippen LogP contribution in [0, 0.1) is 24.7 Å². The number of anilines is 4. The molecule has 4 N–H and O–H groups in total. The fourth-order valence-corrected chi connectivity index (χ4v) is 9.55. The van der Waals surface area contributed by atoms with Crippen LogP contribution in [0.2, 0.25) is 0 Å². The summed E-state index contributed by atoms with van der Waals surface area (Å²) in [4.78, 5) is 52.5. The van der Waals surface area contributed by atoms with Crippen LogP contribution in [-0.2, 0) is 42.9 Å². The zero-order valence-electron chi connectivity index (χ0n) is 40.7. The van der Waals surface area contributed by atoms with E-state index in [-0.39, 0.29) is 33.4 Å². The summed E-state index contributed by atoms with van der Waals surface area (Å²) in [6, 6.07) is 33.0. The molecule has 0 radical (unpaired) electrons. The van der Waals surface area contributed by atoms with E-state index in [4.69, 9.17) is 0 Å². The Bertz CT molecular complexity index is 2860. The maximum absolute atomic E-state index is 13.6. The molecule has 0 aliphatic heterocycles. The molecule has 2 bridgehead atoms. The molecule has 3 aliphatic carbocycles. The Balaban J connectivity index is 0.000000315. The maximum atomic E-state index is 13.6. The minimum Gasteiger partial charge on any atom is -0.744 e. The second-order valence-electron chi connectivity index (χ2n) is 18.2. The summed E-state index contributed by atoms with van der Waals surface area (Å²) >= 11 is 0. The van der Waals surface area contributed by atoms with Crippen molar-refractivity contribution in [2.45, 2.75) is 102 Å². The molecule has 0 saturated heterocycles. The number of rotatable bonds is 14. The van der Waals surface area contributed by atoms with E-state index in [1.807, 2.05) is 72.0 Å². The van der Waals surface area contributed by atoms with Crippen molar-refractivity contribution in [3.63, 3.8) is 0 Å². The number of nitrogens with zero attached hydrogens (tertiary/aromatic N) is 2. The van der Waals surface area contributed by atoms with Crippen LogP contribution < -0.4 is 30.4 Å². The number of aryl methyl sites for hydroxylation is 4. The number of amides is 4. The van der Waals surface area contributed by atoms with Gasteiger partial charge >= 0.3 is 0 Å². The Hall–Kier alpha value is -7.12. The molecule has 3 fully saturated rings. The number of carbonyl (C=O) groups is 4. The SMILES string of the molecule is CCC[n+]1cccc(NC(=O)c2ccc(NC(=O)C34CCC(C(=O)Nc5ccc(C(=O)Nc6ccc[n+](CCC)c6)cc5)(CC3)CC4)cc2)c1.Cc1ccc(S(=O)(=O)[O-])cc1.Cc1ccc(S(=O)(=O)[O-])cc1. The zero-order valence-corrected chi connectivity index (χ0v) is 42.4. The average molecular weight is 1020 g/mol. The molecule has 0 atom stereocenters. The average Bonchev–Trinajstić information content (AvgIpc) is 3.35. The van der Waals surface area contributed by atoms with Gasteiger partial charge in [-0.05, 0) is 137 Å². The van der Waals surface area contributed by atoms with Crippen molar-refractivity contribution >= 4 is 66.6 Å². The van der Waals surface area contributed by atoms with Crippen LogP contribution in [-0.4, -0.2) is 49.6 Å². The summed E-state index contributed by atoms with van der Waals surface area (Å²) in [5, 5.41) is 12.0. The zero-order chi connectivity index (χ0) is 52.1. The van der Waals surface area contributed by atoms with Crippen molar-refractivity contribution in [2.75, 3.05) is 21.3 Å². The van der Waals surface area contributed by atoms with Crippen LogP contribution in [0.1, 0.15) is 97.1 Å². The summed E-state index contributed by atoms with van der Waals surface area (Å²) in [6.45, 7) is 9.60. The van der Waals surface area contributed by atoms with Gasteiger partial charge in [-0.25, -0.2) is 26.0 Å². The first-order valence-corrected chi connectivity index (χ1v) is 26.5. The van der Waals surface area contributed by atoms with Crippen molar-refractivity contribution in [3.8, 4) is 0 Å². The highest BCUT2D eigenvalue weighted by molar-refractivity contribution is 7.86. The Morgan fingerprint density at radius 3 is 1.08 bits per heavy atom. The molecule has 2 aromatic heterocycles. The van der Waals surface area contributed by atoms with E-state index in [0.717, 1.165) is 48.4 Å². The molecule has 9 rings (SSSR count). The molecule has 72 heavy (non-hydrogen) atoms. The van der Waals surface area contributed by atoms with Gasteiger partial charge in [0.25, 0.3) is 11.8 Å². The minimum absolute atomic E-state index is 0.0299. The number of benzene rings is 4. The van der Waals surface area contributed by atoms with E-state index in [1.54, 1.807) is 72.8 Å². The first-order valence-electron chi connectivity index (χ1n) is 23.7. The lowest BCUT2D eigenvalue weighted by Gasteiger charge is -2.51. The third kappa shape index (κ3) is 14.7. The van der Waals surface area contributed by atoms with Gasteiger partial charge in [0.05, 0.1) is 9.79 Å². The van der Waals surface area contributed by atoms with Crippen LogP contribution in [0.15, 0.2) is 156 Å². The summed E-state index contributed by atoms with van der Waals surface area (Å²) in [6.07, 6.45) is 13.6. The van der Waals surface area contributed by atoms with Crippen molar-refractivity contribution in [1.29, 1.82) is 0 Å². The summed E-state index contributed by atoms with van der Waals surface area (Å²) in [5.41, 5.74) is 4.57. The van der Waals surface area contributed by atoms with E-state index in [0.29, 0.717) is 61.0 Å². The molecule has 6 aromatic rings. The molecule has 2 heterocycles. The number of hydrogen-bond acceptors (Lipinski definition) is 10. The third-order valence-corrected chi connectivity index (χ3v) is 14.5. The van der Waals surface area contributed by atoms with Gasteiger partial charge in [-0.15, -0.1) is 0 Å². The topological polar surface area (TPSA) is 239 Å². The Kier molecular flexibility index (Phi) is 18.0. The van der Waals surface area contributed by atoms with Gasteiger partial charge in [-0.3, -0.25) is 19.2 Å². The van der Waals surface area contributed by atoms with Crippen LogP contribution in [0.5, 0.6) is 0 Å². The van der Waals surface area contributed by atoms with Crippen LogP contribution >= 0.6 is 0 Å². The standard InChI is InChI=1S/C40H44N6O4.2C7H8O3S/c1-3-23-45-25-5-7-33(27-45)41-35(47)29-9-13-31(14-10-29)43-37(49)39-17-20-40(21-18-39,22-19-39)38(50)44-32-15-11-30(12-16-32)36(48)42-34-8-6-26-46(28-34)24-4-2;2*1-6-2-4-7(5-3-6)11(8,9)10/h5-16,25-28H,3-4,17-24H2,1-2H3,(H2-2,41,42,43,44,47,48,49,50);2*2-5H,1H3,(H,8,9,10). The predicted octanol–water partition coefficient (Wildman–Crippen LogP) is 8.30. The second-order valence-corrected chi connectivity index (χ2v) is 21.0. The molecule has 4 amide bonds. The van der Waals surface area contributed by atoms with Gasteiger partial charge in [-0.1, -0.05) is 49.2 Å². The Morgan fingerprint density at radius 1 is 0.472 bits per heavy atom. The fraction of sp³-hybridized carbons (Fsp3) is 0.296. The Morgan fingerprint density at radius 2 is 0.792 bits per heavy atom. The number of hydrogen-bond donors (Lipinski definition) is 4. The first-order chi connectivity index (χ1) is 34.2. The van der Waals surface area contributed by atoms with Gasteiger partial charge < -0.3 is 30.4 Å². The molecule has 16 nitrogen and oxygen atoms in total. The van der Waals surface area contributed by atoms with Crippen LogP contribution in [0.3, 0.4) is 0 Å². The van der Waals surface area contributed by atoms with Gasteiger partial charge in [0, 0.05) is 58.3 Å². The number of aromatic nitrogens is 2. The first kappa shape index (κ1) is 54.2. The molecule has 3 saturated carbocycles. The monoisotopic (exact) mass is 1020 g/mol. The molecule has 378 valence electrons. The smallest absolute Gasteiger partial charge is 0.255 e. The molecule has 3 aliphatic rings. The molecular weight excluding hydrogens is 957 g/mol.